The third-order valence-corrected chi connectivity index (χ3v) is 4.61. The third kappa shape index (κ3) is 2.12. The molecule has 0 fully saturated rings. The van der Waals surface area contributed by atoms with Gasteiger partial charge in [0.25, 0.3) is 0 Å². The molecule has 84 valence electrons. The minimum Gasteiger partial charge on any atom is -0.392 e. The van der Waals surface area contributed by atoms with Crippen molar-refractivity contribution in [2.75, 3.05) is 6.61 Å². The molecular formula is C13H14OS2. The van der Waals surface area contributed by atoms with Crippen molar-refractivity contribution >= 4 is 28.2 Å². The first-order valence-electron chi connectivity index (χ1n) is 5.14. The summed E-state index contributed by atoms with van der Waals surface area (Å²) < 4.78 is 0. The Hall–Kier alpha value is -0.900. The summed E-state index contributed by atoms with van der Waals surface area (Å²) in [6.45, 7) is 4.31. The van der Waals surface area contributed by atoms with Gasteiger partial charge in [-0.1, -0.05) is 0 Å². The molecular weight excluding hydrogens is 236 g/mol. The summed E-state index contributed by atoms with van der Waals surface area (Å²) in [7, 11) is 0. The topological polar surface area (TPSA) is 20.2 Å². The van der Waals surface area contributed by atoms with E-state index < -0.39 is 0 Å². The summed E-state index contributed by atoms with van der Waals surface area (Å²) >= 11 is 3.46. The minimum absolute atomic E-state index is 0.0873. The number of aliphatic hydroxyl groups is 1. The number of hydrogen-bond acceptors (Lipinski definition) is 3. The van der Waals surface area contributed by atoms with E-state index in [4.69, 9.17) is 5.11 Å². The van der Waals surface area contributed by atoms with Gasteiger partial charge in [-0.15, -0.1) is 22.7 Å². The van der Waals surface area contributed by atoms with E-state index in [2.05, 4.69) is 36.7 Å². The minimum atomic E-state index is 0.0873. The van der Waals surface area contributed by atoms with E-state index in [1.54, 1.807) is 22.7 Å². The SMILES string of the molecule is Cc1ccsc1C(=CCO)c1sccc1C. The second kappa shape index (κ2) is 4.95. The average Bonchev–Trinajstić information content (AvgIpc) is 2.84. The van der Waals surface area contributed by atoms with Gasteiger partial charge in [0.1, 0.15) is 0 Å². The first-order valence-corrected chi connectivity index (χ1v) is 6.90. The molecule has 16 heavy (non-hydrogen) atoms. The fraction of sp³-hybridized carbons (Fsp3) is 0.231. The van der Waals surface area contributed by atoms with Crippen molar-refractivity contribution < 1.29 is 5.11 Å². The van der Waals surface area contributed by atoms with E-state index in [0.29, 0.717) is 0 Å². The summed E-state index contributed by atoms with van der Waals surface area (Å²) in [6.07, 6.45) is 1.90. The summed E-state index contributed by atoms with van der Waals surface area (Å²) in [5.74, 6) is 0. The fourth-order valence-corrected chi connectivity index (χ4v) is 3.69. The molecule has 0 atom stereocenters. The van der Waals surface area contributed by atoms with Crippen LogP contribution in [0.1, 0.15) is 20.9 Å². The Balaban J connectivity index is 2.52. The summed E-state index contributed by atoms with van der Waals surface area (Å²) in [5.41, 5.74) is 3.72. The van der Waals surface area contributed by atoms with Gasteiger partial charge in [0.15, 0.2) is 0 Å². The highest BCUT2D eigenvalue weighted by Gasteiger charge is 2.12. The molecule has 0 saturated heterocycles. The Labute approximate surface area is 104 Å². The van der Waals surface area contributed by atoms with Gasteiger partial charge in [0, 0.05) is 15.3 Å². The van der Waals surface area contributed by atoms with Crippen LogP contribution >= 0.6 is 22.7 Å². The molecule has 0 amide bonds. The Morgan fingerprint density at radius 1 is 1.12 bits per heavy atom. The lowest BCUT2D eigenvalue weighted by atomic mass is 10.1. The van der Waals surface area contributed by atoms with E-state index in [0.717, 1.165) is 0 Å². The number of aryl methyl sites for hydroxylation is 2. The highest BCUT2D eigenvalue weighted by molar-refractivity contribution is 7.14. The van der Waals surface area contributed by atoms with Crippen LogP contribution in [-0.4, -0.2) is 11.7 Å². The van der Waals surface area contributed by atoms with E-state index in [1.165, 1.54) is 26.5 Å². The van der Waals surface area contributed by atoms with Gasteiger partial charge in [-0.25, -0.2) is 0 Å². The van der Waals surface area contributed by atoms with Gasteiger partial charge in [-0.3, -0.25) is 0 Å². The maximum absolute atomic E-state index is 9.15. The molecule has 0 aliphatic heterocycles. The van der Waals surface area contributed by atoms with Crippen molar-refractivity contribution in [3.8, 4) is 0 Å². The van der Waals surface area contributed by atoms with Crippen LogP contribution in [0.4, 0.5) is 0 Å². The maximum atomic E-state index is 9.15. The quantitative estimate of drug-likeness (QED) is 0.877. The van der Waals surface area contributed by atoms with Crippen LogP contribution in [0.15, 0.2) is 29.0 Å². The Morgan fingerprint density at radius 2 is 1.62 bits per heavy atom. The second-order valence-electron chi connectivity index (χ2n) is 3.67. The summed E-state index contributed by atoms with van der Waals surface area (Å²) in [4.78, 5) is 2.53. The lowest BCUT2D eigenvalue weighted by Crippen LogP contribution is -1.88. The number of hydrogen-bond donors (Lipinski definition) is 1. The zero-order valence-corrected chi connectivity index (χ0v) is 11.0. The molecule has 2 heterocycles. The van der Waals surface area contributed by atoms with Crippen LogP contribution in [0.5, 0.6) is 0 Å². The highest BCUT2D eigenvalue weighted by atomic mass is 32.1. The second-order valence-corrected chi connectivity index (χ2v) is 5.50. The van der Waals surface area contributed by atoms with Crippen molar-refractivity contribution in [1.82, 2.24) is 0 Å². The lowest BCUT2D eigenvalue weighted by molar-refractivity contribution is 0.343. The summed E-state index contributed by atoms with van der Waals surface area (Å²) in [5, 5.41) is 13.3. The zero-order chi connectivity index (χ0) is 11.5. The largest absolute Gasteiger partial charge is 0.392 e. The average molecular weight is 250 g/mol. The first kappa shape index (κ1) is 11.6. The monoisotopic (exact) mass is 250 g/mol. The van der Waals surface area contributed by atoms with Gasteiger partial charge in [-0.05, 0) is 53.9 Å². The number of thiophene rings is 2. The van der Waals surface area contributed by atoms with E-state index in [1.807, 2.05) is 6.08 Å². The number of rotatable bonds is 3. The first-order chi connectivity index (χ1) is 7.74. The molecule has 2 aromatic rings. The lowest BCUT2D eigenvalue weighted by Gasteiger charge is -2.06. The van der Waals surface area contributed by atoms with Crippen LogP contribution in [0.2, 0.25) is 0 Å². The Morgan fingerprint density at radius 3 is 1.94 bits per heavy atom. The molecule has 0 saturated carbocycles. The molecule has 2 rings (SSSR count). The molecule has 0 aromatic carbocycles. The van der Waals surface area contributed by atoms with Crippen molar-refractivity contribution in [3.63, 3.8) is 0 Å². The Kier molecular flexibility index (Phi) is 3.59. The van der Waals surface area contributed by atoms with E-state index >= 15 is 0 Å². The Bertz CT molecular complexity index is 463. The maximum Gasteiger partial charge on any atom is 0.0622 e. The van der Waals surface area contributed by atoms with Gasteiger partial charge in [0.2, 0.25) is 0 Å². The normalized spacial score (nSPS) is 10.4. The van der Waals surface area contributed by atoms with Gasteiger partial charge < -0.3 is 5.11 Å². The molecule has 0 bridgehead atoms. The molecule has 0 unspecified atom stereocenters. The molecule has 0 aliphatic carbocycles. The highest BCUT2D eigenvalue weighted by Crippen LogP contribution is 2.34. The van der Waals surface area contributed by atoms with Crippen LogP contribution in [-0.2, 0) is 0 Å². The molecule has 0 radical (unpaired) electrons. The zero-order valence-electron chi connectivity index (χ0n) is 9.36. The van der Waals surface area contributed by atoms with Crippen molar-refractivity contribution in [3.05, 3.63) is 49.9 Å². The smallest absolute Gasteiger partial charge is 0.0622 e. The van der Waals surface area contributed by atoms with Crippen molar-refractivity contribution in [2.24, 2.45) is 0 Å². The molecule has 1 nitrogen and oxygen atoms in total. The van der Waals surface area contributed by atoms with Crippen LogP contribution in [0.25, 0.3) is 5.57 Å². The molecule has 2 aromatic heterocycles. The van der Waals surface area contributed by atoms with E-state index in [-0.39, 0.29) is 6.61 Å². The third-order valence-electron chi connectivity index (χ3n) is 2.51. The summed E-state index contributed by atoms with van der Waals surface area (Å²) in [6, 6.07) is 4.24. The van der Waals surface area contributed by atoms with Crippen molar-refractivity contribution in [1.29, 1.82) is 0 Å². The van der Waals surface area contributed by atoms with Crippen LogP contribution in [0.3, 0.4) is 0 Å². The van der Waals surface area contributed by atoms with Gasteiger partial charge in [0.05, 0.1) is 6.61 Å². The molecule has 0 aliphatic rings. The molecule has 1 N–H and O–H groups in total. The fourth-order valence-electron chi connectivity index (χ4n) is 1.68. The number of aliphatic hydroxyl groups excluding tert-OH is 1. The standard InChI is InChI=1S/C13H14OS2/c1-9-4-7-15-12(9)11(3-6-14)13-10(2)5-8-16-13/h3-5,7-8,14H,6H2,1-2H3. The van der Waals surface area contributed by atoms with Crippen LogP contribution in [0, 0.1) is 13.8 Å². The van der Waals surface area contributed by atoms with Crippen LogP contribution < -0.4 is 0 Å². The van der Waals surface area contributed by atoms with Gasteiger partial charge >= 0.3 is 0 Å². The predicted molar refractivity (Wildman–Crippen MR) is 72.3 cm³/mol. The van der Waals surface area contributed by atoms with E-state index in [9.17, 15) is 0 Å². The van der Waals surface area contributed by atoms with Gasteiger partial charge in [-0.2, -0.15) is 0 Å². The molecule has 0 spiro atoms. The molecule has 3 heteroatoms. The van der Waals surface area contributed by atoms with Crippen molar-refractivity contribution in [2.45, 2.75) is 13.8 Å². The predicted octanol–water partition coefficient (Wildman–Crippen LogP) is 3.85.